The van der Waals surface area contributed by atoms with Crippen LogP contribution in [0.3, 0.4) is 0 Å². The van der Waals surface area contributed by atoms with Crippen LogP contribution in [0.2, 0.25) is 0 Å². The van der Waals surface area contributed by atoms with Crippen LogP contribution in [-0.4, -0.2) is 62.8 Å². The maximum atomic E-state index is 13.5. The topological polar surface area (TPSA) is 151 Å². The minimum atomic E-state index is -1.54. The fourth-order valence-electron chi connectivity index (χ4n) is 5.52. The molecule has 0 fully saturated rings. The number of ether oxygens (including phenoxy) is 1. The van der Waals surface area contributed by atoms with Crippen molar-refractivity contribution in [2.45, 2.75) is 104 Å². The number of hydrogen-bond donors (Lipinski definition) is 4. The van der Waals surface area contributed by atoms with Crippen molar-refractivity contribution in [3.8, 4) is 28.3 Å². The molecule has 0 spiro atoms. The van der Waals surface area contributed by atoms with Gasteiger partial charge in [-0.1, -0.05) is 104 Å². The number of carbonyl (C=O) groups is 3. The zero-order chi connectivity index (χ0) is 37.8. The average Bonchev–Trinajstić information content (AvgIpc) is 3.64. The molecule has 278 valence electrons. The Bertz CT molecular complexity index is 1750. The van der Waals surface area contributed by atoms with E-state index in [0.29, 0.717) is 17.3 Å². The average molecular weight is 729 g/mol. The van der Waals surface area contributed by atoms with Crippen LogP contribution >= 0.6 is 11.3 Å². The van der Waals surface area contributed by atoms with Gasteiger partial charge >= 0.3 is 5.97 Å². The molecule has 0 radical (unpaired) electrons. The fourth-order valence-corrected chi connectivity index (χ4v) is 6.49. The normalized spacial score (nSPS) is 13.3. The Kier molecular flexibility index (Phi) is 14.5. The summed E-state index contributed by atoms with van der Waals surface area (Å²) in [6.07, 6.45) is 8.28. The Morgan fingerprint density at radius 1 is 0.827 bits per heavy atom. The first-order valence-corrected chi connectivity index (χ1v) is 18.9. The van der Waals surface area contributed by atoms with Crippen molar-refractivity contribution >= 4 is 29.1 Å². The van der Waals surface area contributed by atoms with E-state index in [1.807, 2.05) is 54.6 Å². The second-order valence-corrected chi connectivity index (χ2v) is 15.6. The summed E-state index contributed by atoms with van der Waals surface area (Å²) >= 11 is 1.34. The SMILES string of the molecule is CCCCCCCOc1ccc(-c2cnc(-c3ccc(C[C@H](NC(=O)c4ccc(C(C)(C)C)s4)C(=O)N[C@H](C(=O)O)[C@H](O)C(C)C)cc3)nc2)cc1. The summed E-state index contributed by atoms with van der Waals surface area (Å²) in [6.45, 7) is 12.4. The Balaban J connectivity index is 1.45. The summed E-state index contributed by atoms with van der Waals surface area (Å²) in [7, 11) is 0. The van der Waals surface area contributed by atoms with E-state index in [9.17, 15) is 24.6 Å². The van der Waals surface area contributed by atoms with Gasteiger partial charge in [-0.05, 0) is 53.1 Å². The number of aromatic nitrogens is 2. The molecule has 4 N–H and O–H groups in total. The third kappa shape index (κ3) is 11.4. The lowest BCUT2D eigenvalue weighted by atomic mass is 9.95. The van der Waals surface area contributed by atoms with Gasteiger partial charge in [0.1, 0.15) is 11.8 Å². The van der Waals surface area contributed by atoms with E-state index in [2.05, 4.69) is 48.3 Å². The number of carboxylic acid groups (broad SMARTS) is 1. The van der Waals surface area contributed by atoms with Crippen molar-refractivity contribution in [3.05, 3.63) is 88.4 Å². The third-order valence-electron chi connectivity index (χ3n) is 8.79. The lowest BCUT2D eigenvalue weighted by molar-refractivity contribution is -0.146. The molecule has 2 aromatic heterocycles. The number of thiophene rings is 1. The van der Waals surface area contributed by atoms with Crippen molar-refractivity contribution in [1.82, 2.24) is 20.6 Å². The number of carbonyl (C=O) groups excluding carboxylic acids is 2. The lowest BCUT2D eigenvalue weighted by Gasteiger charge is -2.26. The fraction of sp³-hybridized carbons (Fsp3) is 0.439. The smallest absolute Gasteiger partial charge is 0.328 e. The van der Waals surface area contributed by atoms with Crippen molar-refractivity contribution in [1.29, 1.82) is 0 Å². The quantitative estimate of drug-likeness (QED) is 0.0772. The van der Waals surface area contributed by atoms with Gasteiger partial charge in [-0.2, -0.15) is 0 Å². The molecule has 3 atom stereocenters. The van der Waals surface area contributed by atoms with Crippen LogP contribution in [0, 0.1) is 5.92 Å². The highest BCUT2D eigenvalue weighted by atomic mass is 32.1. The first-order valence-electron chi connectivity index (χ1n) is 18.0. The number of hydrogen-bond acceptors (Lipinski definition) is 8. The molecule has 2 amide bonds. The molecule has 0 bridgehead atoms. The number of aliphatic hydroxyl groups is 1. The molecule has 0 unspecified atom stereocenters. The monoisotopic (exact) mass is 728 g/mol. The molecule has 2 heterocycles. The van der Waals surface area contributed by atoms with Crippen molar-refractivity contribution in [3.63, 3.8) is 0 Å². The molecule has 4 rings (SSSR count). The molecule has 0 saturated carbocycles. The van der Waals surface area contributed by atoms with Crippen LogP contribution in [0.15, 0.2) is 73.1 Å². The van der Waals surface area contributed by atoms with Crippen LogP contribution in [0.5, 0.6) is 5.75 Å². The Morgan fingerprint density at radius 3 is 2.04 bits per heavy atom. The summed E-state index contributed by atoms with van der Waals surface area (Å²) in [4.78, 5) is 49.5. The first-order chi connectivity index (χ1) is 24.8. The number of unbranched alkanes of at least 4 members (excludes halogenated alkanes) is 4. The molecular weight excluding hydrogens is 677 g/mol. The number of carboxylic acids is 1. The molecule has 0 aliphatic heterocycles. The van der Waals surface area contributed by atoms with Gasteiger partial charge in [-0.3, -0.25) is 9.59 Å². The van der Waals surface area contributed by atoms with Gasteiger partial charge in [0.05, 0.1) is 17.6 Å². The predicted molar refractivity (Wildman–Crippen MR) is 206 cm³/mol. The number of aliphatic carboxylic acids is 1. The van der Waals surface area contributed by atoms with Gasteiger partial charge in [0.15, 0.2) is 11.9 Å². The summed E-state index contributed by atoms with van der Waals surface area (Å²) < 4.78 is 5.89. The van der Waals surface area contributed by atoms with E-state index in [1.165, 1.54) is 37.0 Å². The molecule has 52 heavy (non-hydrogen) atoms. The minimum Gasteiger partial charge on any atom is -0.494 e. The van der Waals surface area contributed by atoms with Crippen molar-refractivity contribution < 1.29 is 29.3 Å². The Morgan fingerprint density at radius 2 is 1.46 bits per heavy atom. The zero-order valence-electron chi connectivity index (χ0n) is 31.0. The lowest BCUT2D eigenvalue weighted by Crippen LogP contribution is -2.56. The van der Waals surface area contributed by atoms with Crippen molar-refractivity contribution in [2.24, 2.45) is 5.92 Å². The number of rotatable bonds is 18. The van der Waals surface area contributed by atoms with Gasteiger partial charge in [0, 0.05) is 34.8 Å². The standard InChI is InChI=1S/C41H52N4O6S/c1-7-8-9-10-11-22-51-31-18-16-28(17-19-31)30-24-42-37(43-25-30)29-14-12-27(13-15-29)23-32(38(47)45-35(40(49)50)36(46)26(2)3)44-39(48)33-20-21-34(52-33)41(4,5)6/h12-21,24-26,32,35-36,46H,7-11,22-23H2,1-6H3,(H,44,48)(H,45,47)(H,49,50)/t32-,35-,36+/m0/s1. The summed E-state index contributed by atoms with van der Waals surface area (Å²) in [5.41, 5.74) is 3.19. The van der Waals surface area contributed by atoms with Crippen LogP contribution in [0.1, 0.15) is 93.8 Å². The number of nitrogens with zero attached hydrogens (tertiary/aromatic N) is 2. The molecule has 0 saturated heterocycles. The van der Waals surface area contributed by atoms with E-state index in [4.69, 9.17) is 4.74 Å². The van der Waals surface area contributed by atoms with Gasteiger partial charge in [0.25, 0.3) is 5.91 Å². The van der Waals surface area contributed by atoms with Crippen molar-refractivity contribution in [2.75, 3.05) is 6.61 Å². The van der Waals surface area contributed by atoms with E-state index < -0.39 is 41.9 Å². The van der Waals surface area contributed by atoms with Gasteiger partial charge in [0.2, 0.25) is 5.91 Å². The molecule has 4 aromatic rings. The van der Waals surface area contributed by atoms with E-state index in [1.54, 1.807) is 32.3 Å². The van der Waals surface area contributed by atoms with Gasteiger partial charge < -0.3 is 25.6 Å². The predicted octanol–water partition coefficient (Wildman–Crippen LogP) is 7.45. The van der Waals surface area contributed by atoms with Crippen LogP contribution in [0.4, 0.5) is 0 Å². The Labute approximate surface area is 311 Å². The zero-order valence-corrected chi connectivity index (χ0v) is 31.8. The molecule has 0 aliphatic rings. The maximum Gasteiger partial charge on any atom is 0.328 e. The third-order valence-corrected chi connectivity index (χ3v) is 10.3. The highest BCUT2D eigenvalue weighted by Gasteiger charge is 2.33. The molecule has 11 heteroatoms. The number of benzene rings is 2. The number of aliphatic hydroxyl groups excluding tert-OH is 1. The highest BCUT2D eigenvalue weighted by Crippen LogP contribution is 2.30. The van der Waals surface area contributed by atoms with E-state index >= 15 is 0 Å². The number of nitrogens with one attached hydrogen (secondary N) is 2. The number of amides is 2. The molecule has 10 nitrogen and oxygen atoms in total. The molecule has 2 aromatic carbocycles. The second-order valence-electron chi connectivity index (χ2n) is 14.5. The van der Waals surface area contributed by atoms with E-state index in [-0.39, 0.29) is 11.8 Å². The van der Waals surface area contributed by atoms with Gasteiger partial charge in [-0.15, -0.1) is 11.3 Å². The first kappa shape index (κ1) is 40.2. The maximum absolute atomic E-state index is 13.5. The minimum absolute atomic E-state index is 0.0812. The van der Waals surface area contributed by atoms with Gasteiger partial charge in [-0.25, -0.2) is 14.8 Å². The largest absolute Gasteiger partial charge is 0.494 e. The van der Waals surface area contributed by atoms with Crippen LogP contribution in [0.25, 0.3) is 22.5 Å². The molecular formula is C41H52N4O6S. The summed E-state index contributed by atoms with van der Waals surface area (Å²) in [6, 6.07) is 16.2. The second kappa shape index (κ2) is 18.8. The van der Waals surface area contributed by atoms with E-state index in [0.717, 1.165) is 39.3 Å². The molecule has 0 aliphatic carbocycles. The summed E-state index contributed by atoms with van der Waals surface area (Å²) in [5.74, 6) is -1.57. The highest BCUT2D eigenvalue weighted by molar-refractivity contribution is 7.14. The Hall–Kier alpha value is -4.61. The van der Waals surface area contributed by atoms with Crippen LogP contribution in [-0.2, 0) is 21.4 Å². The van der Waals surface area contributed by atoms with Crippen LogP contribution < -0.4 is 15.4 Å². The summed E-state index contributed by atoms with van der Waals surface area (Å²) in [5, 5.41) is 25.5.